The fourth-order valence-electron chi connectivity index (χ4n) is 1.47. The number of hydrogen-bond acceptors (Lipinski definition) is 2. The van der Waals surface area contributed by atoms with Crippen LogP contribution in [0.15, 0.2) is 12.4 Å². The van der Waals surface area contributed by atoms with E-state index in [1.165, 1.54) is 12.8 Å². The molecule has 1 aromatic heterocycles. The number of nitrogens with one attached hydrogen (secondary N) is 1. The van der Waals surface area contributed by atoms with Gasteiger partial charge < -0.3 is 5.32 Å². The van der Waals surface area contributed by atoms with Crippen LogP contribution in [0.25, 0.3) is 0 Å². The summed E-state index contributed by atoms with van der Waals surface area (Å²) >= 11 is 5.95. The number of rotatable bonds is 5. The number of hydrogen-bond donors (Lipinski definition) is 1. The van der Waals surface area contributed by atoms with Crippen molar-refractivity contribution in [3.8, 4) is 0 Å². The van der Waals surface area contributed by atoms with Crippen molar-refractivity contribution in [3.05, 3.63) is 23.5 Å². The first kappa shape index (κ1) is 13.3. The highest BCUT2D eigenvalue weighted by Gasteiger charge is 2.08. The lowest BCUT2D eigenvalue weighted by molar-refractivity contribution is 0.362. The smallest absolute Gasteiger partial charge is 0.0827 e. The van der Waals surface area contributed by atoms with Crippen molar-refractivity contribution in [1.82, 2.24) is 4.98 Å². The van der Waals surface area contributed by atoms with Gasteiger partial charge in [0.15, 0.2) is 0 Å². The summed E-state index contributed by atoms with van der Waals surface area (Å²) in [5.74, 6) is 0. The molecular formula is C13H20ClN2. The maximum atomic E-state index is 5.95. The Morgan fingerprint density at radius 1 is 1.38 bits per heavy atom. The highest BCUT2D eigenvalue weighted by Crippen LogP contribution is 2.22. The third-order valence-electron chi connectivity index (χ3n) is 2.37. The first-order valence-electron chi connectivity index (χ1n) is 5.74. The maximum absolute atomic E-state index is 5.95. The zero-order chi connectivity index (χ0) is 12.0. The molecule has 0 atom stereocenters. The third-order valence-corrected chi connectivity index (χ3v) is 2.65. The second-order valence-electron chi connectivity index (χ2n) is 5.22. The Labute approximate surface area is 103 Å². The molecule has 0 saturated heterocycles. The Morgan fingerprint density at radius 3 is 2.75 bits per heavy atom. The first-order chi connectivity index (χ1) is 7.49. The summed E-state index contributed by atoms with van der Waals surface area (Å²) < 4.78 is 0. The topological polar surface area (TPSA) is 24.9 Å². The van der Waals surface area contributed by atoms with Crippen molar-refractivity contribution in [2.24, 2.45) is 5.41 Å². The van der Waals surface area contributed by atoms with Gasteiger partial charge in [-0.3, -0.25) is 4.98 Å². The van der Waals surface area contributed by atoms with E-state index in [4.69, 9.17) is 11.6 Å². The maximum Gasteiger partial charge on any atom is 0.0827 e. The van der Waals surface area contributed by atoms with Crippen LogP contribution in [0.5, 0.6) is 0 Å². The van der Waals surface area contributed by atoms with E-state index in [1.807, 2.05) is 0 Å². The molecule has 0 aromatic carbocycles. The molecular weight excluding hydrogens is 220 g/mol. The van der Waals surface area contributed by atoms with Gasteiger partial charge in [-0.25, -0.2) is 0 Å². The molecule has 1 N–H and O–H groups in total. The fraction of sp³-hybridized carbons (Fsp3) is 0.615. The summed E-state index contributed by atoms with van der Waals surface area (Å²) in [4.78, 5) is 3.89. The Kier molecular flexibility index (Phi) is 5.07. The van der Waals surface area contributed by atoms with Gasteiger partial charge in [-0.15, -0.1) is 0 Å². The van der Waals surface area contributed by atoms with Gasteiger partial charge in [0, 0.05) is 25.0 Å². The van der Waals surface area contributed by atoms with Crippen molar-refractivity contribution in [3.63, 3.8) is 0 Å². The Balaban J connectivity index is 2.19. The molecule has 0 aliphatic carbocycles. The number of anilines is 1. The van der Waals surface area contributed by atoms with Crippen LogP contribution in [-0.4, -0.2) is 11.5 Å². The SMILES string of the molecule is CC(C)(C)CCCCNc1[c]cncc1Cl. The van der Waals surface area contributed by atoms with Gasteiger partial charge in [0.05, 0.1) is 10.7 Å². The van der Waals surface area contributed by atoms with E-state index >= 15 is 0 Å². The average Bonchev–Trinajstić information content (AvgIpc) is 2.18. The van der Waals surface area contributed by atoms with Crippen molar-refractivity contribution < 1.29 is 0 Å². The number of pyridine rings is 1. The third kappa shape index (κ3) is 5.36. The molecule has 1 aromatic rings. The molecule has 0 fully saturated rings. The summed E-state index contributed by atoms with van der Waals surface area (Å²) in [5.41, 5.74) is 1.29. The molecule has 0 amide bonds. The number of aromatic nitrogens is 1. The molecule has 0 aliphatic rings. The molecule has 0 bridgehead atoms. The van der Waals surface area contributed by atoms with E-state index < -0.39 is 0 Å². The van der Waals surface area contributed by atoms with Crippen LogP contribution in [0.1, 0.15) is 40.0 Å². The van der Waals surface area contributed by atoms with Gasteiger partial charge in [-0.1, -0.05) is 38.8 Å². The minimum absolute atomic E-state index is 0.431. The largest absolute Gasteiger partial charge is 0.383 e. The van der Waals surface area contributed by atoms with Gasteiger partial charge >= 0.3 is 0 Å². The van der Waals surface area contributed by atoms with Crippen LogP contribution in [0, 0.1) is 11.5 Å². The number of halogens is 1. The summed E-state index contributed by atoms with van der Waals surface area (Å²) in [6, 6.07) is 2.99. The highest BCUT2D eigenvalue weighted by molar-refractivity contribution is 6.33. The first-order valence-corrected chi connectivity index (χ1v) is 6.12. The van der Waals surface area contributed by atoms with E-state index in [0.29, 0.717) is 10.4 Å². The molecule has 0 aliphatic heterocycles. The lowest BCUT2D eigenvalue weighted by Crippen LogP contribution is -2.07. The molecule has 0 saturated carbocycles. The minimum Gasteiger partial charge on any atom is -0.383 e. The average molecular weight is 240 g/mol. The molecule has 1 heterocycles. The van der Waals surface area contributed by atoms with Crippen LogP contribution in [-0.2, 0) is 0 Å². The summed E-state index contributed by atoms with van der Waals surface area (Å²) in [6.07, 6.45) is 6.91. The van der Waals surface area contributed by atoms with E-state index in [0.717, 1.165) is 18.7 Å². The van der Waals surface area contributed by atoms with Crippen LogP contribution < -0.4 is 5.32 Å². The fourth-order valence-corrected chi connectivity index (χ4v) is 1.64. The van der Waals surface area contributed by atoms with Crippen molar-refractivity contribution in [1.29, 1.82) is 0 Å². The molecule has 0 spiro atoms. The molecule has 2 nitrogen and oxygen atoms in total. The van der Waals surface area contributed by atoms with E-state index in [9.17, 15) is 0 Å². The molecule has 0 unspecified atom stereocenters. The Morgan fingerprint density at radius 2 is 2.12 bits per heavy atom. The van der Waals surface area contributed by atoms with E-state index in [-0.39, 0.29) is 0 Å². The number of unbranched alkanes of at least 4 members (excludes halogenated alkanes) is 1. The predicted molar refractivity (Wildman–Crippen MR) is 69.9 cm³/mol. The van der Waals surface area contributed by atoms with Gasteiger partial charge in [0.25, 0.3) is 0 Å². The minimum atomic E-state index is 0.431. The monoisotopic (exact) mass is 239 g/mol. The lowest BCUT2D eigenvalue weighted by atomic mass is 9.90. The second kappa shape index (κ2) is 6.09. The van der Waals surface area contributed by atoms with E-state index in [1.54, 1.807) is 12.4 Å². The van der Waals surface area contributed by atoms with Gasteiger partial charge in [0.1, 0.15) is 0 Å². The Bertz CT molecular complexity index is 318. The van der Waals surface area contributed by atoms with Crippen LogP contribution in [0.3, 0.4) is 0 Å². The van der Waals surface area contributed by atoms with Crippen LogP contribution >= 0.6 is 11.6 Å². The van der Waals surface area contributed by atoms with Crippen molar-refractivity contribution in [2.75, 3.05) is 11.9 Å². The molecule has 3 heteroatoms. The second-order valence-corrected chi connectivity index (χ2v) is 5.63. The molecule has 16 heavy (non-hydrogen) atoms. The predicted octanol–water partition coefficient (Wildman–Crippen LogP) is 4.16. The zero-order valence-corrected chi connectivity index (χ0v) is 11.1. The van der Waals surface area contributed by atoms with Crippen LogP contribution in [0.4, 0.5) is 5.69 Å². The number of nitrogens with zero attached hydrogens (tertiary/aromatic N) is 1. The molecule has 89 valence electrons. The Hall–Kier alpha value is -0.760. The van der Waals surface area contributed by atoms with Crippen molar-refractivity contribution in [2.45, 2.75) is 40.0 Å². The van der Waals surface area contributed by atoms with Gasteiger partial charge in [-0.2, -0.15) is 0 Å². The standard InChI is InChI=1S/C13H20ClN2/c1-13(2,3)7-4-5-8-16-12-6-9-15-10-11(12)14/h9-10H,4-5,7-8H2,1-3H3,(H,15,16). The summed E-state index contributed by atoms with van der Waals surface area (Å²) in [6.45, 7) is 7.76. The summed E-state index contributed by atoms with van der Waals surface area (Å²) in [5, 5.41) is 3.91. The van der Waals surface area contributed by atoms with Crippen LogP contribution in [0.2, 0.25) is 5.02 Å². The normalized spacial score (nSPS) is 11.5. The highest BCUT2D eigenvalue weighted by atomic mass is 35.5. The summed E-state index contributed by atoms with van der Waals surface area (Å²) in [7, 11) is 0. The van der Waals surface area contributed by atoms with E-state index in [2.05, 4.69) is 37.1 Å². The van der Waals surface area contributed by atoms with Gasteiger partial charge in [0.2, 0.25) is 0 Å². The lowest BCUT2D eigenvalue weighted by Gasteiger charge is -2.17. The molecule has 1 rings (SSSR count). The quantitative estimate of drug-likeness (QED) is 0.781. The van der Waals surface area contributed by atoms with Crippen molar-refractivity contribution >= 4 is 17.3 Å². The zero-order valence-electron chi connectivity index (χ0n) is 10.3. The molecule has 1 radical (unpaired) electrons. The van der Waals surface area contributed by atoms with Gasteiger partial charge in [-0.05, 0) is 18.3 Å².